The molecule has 1 aromatic rings. The number of ether oxygens (including phenoxy) is 1. The number of halogens is 2. The topological polar surface area (TPSA) is 9.23 Å². The maximum Gasteiger partial charge on any atom is 0.142 e. The maximum absolute atomic E-state index is 13.7. The number of hydrogen-bond donors (Lipinski definition) is 0. The van der Waals surface area contributed by atoms with Gasteiger partial charge in [-0.1, -0.05) is 29.8 Å². The Morgan fingerprint density at radius 2 is 1.68 bits per heavy atom. The van der Waals surface area contributed by atoms with Crippen LogP contribution in [0.5, 0.6) is 0 Å². The average Bonchev–Trinajstić information content (AvgIpc) is 2.65. The molecule has 0 amide bonds. The van der Waals surface area contributed by atoms with Gasteiger partial charge in [0.05, 0.1) is 11.6 Å². The molecule has 0 heterocycles. The molecule has 2 aliphatic carbocycles. The van der Waals surface area contributed by atoms with Crippen LogP contribution in [-0.2, 0) is 4.74 Å². The highest BCUT2D eigenvalue weighted by atomic mass is 35.5. The molecule has 1 aromatic carbocycles. The van der Waals surface area contributed by atoms with Crippen molar-refractivity contribution in [3.63, 3.8) is 0 Å². The molecule has 138 valence electrons. The molecule has 1 nitrogen and oxygen atoms in total. The standard InChI is InChI=1S/C22H30ClFO/c1-25-14-2-3-16-4-6-17(7-5-16)18-8-10-19(11-9-18)20-12-13-21(23)22(24)15-20/h2-3,12-13,15-19H,4-11,14H2,1H3/t16-,17-,18-,19-. The van der Waals surface area contributed by atoms with Gasteiger partial charge in [0, 0.05) is 7.11 Å². The van der Waals surface area contributed by atoms with Crippen molar-refractivity contribution >= 4 is 11.6 Å². The second-order valence-corrected chi connectivity index (χ2v) is 8.25. The van der Waals surface area contributed by atoms with Crippen molar-refractivity contribution in [2.75, 3.05) is 13.7 Å². The maximum atomic E-state index is 13.7. The van der Waals surface area contributed by atoms with Gasteiger partial charge in [-0.05, 0) is 92.7 Å². The van der Waals surface area contributed by atoms with E-state index in [0.29, 0.717) is 5.92 Å². The monoisotopic (exact) mass is 364 g/mol. The summed E-state index contributed by atoms with van der Waals surface area (Å²) in [6, 6.07) is 5.36. The van der Waals surface area contributed by atoms with Crippen molar-refractivity contribution in [2.24, 2.45) is 17.8 Å². The molecular formula is C22H30ClFO. The average molecular weight is 365 g/mol. The van der Waals surface area contributed by atoms with E-state index in [1.54, 1.807) is 19.2 Å². The van der Waals surface area contributed by atoms with Crippen molar-refractivity contribution in [1.82, 2.24) is 0 Å². The van der Waals surface area contributed by atoms with Gasteiger partial charge >= 0.3 is 0 Å². The fraction of sp³-hybridized carbons (Fsp3) is 0.636. The zero-order valence-electron chi connectivity index (χ0n) is 15.2. The van der Waals surface area contributed by atoms with Crippen molar-refractivity contribution < 1.29 is 9.13 Å². The molecule has 0 aromatic heterocycles. The Kier molecular flexibility index (Phi) is 6.95. The van der Waals surface area contributed by atoms with Gasteiger partial charge in [-0.3, -0.25) is 0 Å². The number of benzene rings is 1. The molecule has 0 bridgehead atoms. The van der Waals surface area contributed by atoms with E-state index < -0.39 is 0 Å². The minimum Gasteiger partial charge on any atom is -0.381 e. The minimum atomic E-state index is -0.277. The summed E-state index contributed by atoms with van der Waals surface area (Å²) >= 11 is 5.81. The van der Waals surface area contributed by atoms with Gasteiger partial charge < -0.3 is 4.74 Å². The van der Waals surface area contributed by atoms with Gasteiger partial charge in [-0.15, -0.1) is 0 Å². The number of methoxy groups -OCH3 is 1. The van der Waals surface area contributed by atoms with Crippen LogP contribution in [0.25, 0.3) is 0 Å². The molecule has 0 unspecified atom stereocenters. The molecular weight excluding hydrogens is 335 g/mol. The molecule has 2 saturated carbocycles. The molecule has 0 aliphatic heterocycles. The Bertz CT molecular complexity index is 569. The molecule has 3 rings (SSSR count). The Hall–Kier alpha value is -0.860. The van der Waals surface area contributed by atoms with E-state index in [-0.39, 0.29) is 10.8 Å². The normalized spacial score (nSPS) is 30.7. The van der Waals surface area contributed by atoms with E-state index in [9.17, 15) is 4.39 Å². The minimum absolute atomic E-state index is 0.230. The lowest BCUT2D eigenvalue weighted by molar-refractivity contribution is 0.171. The molecule has 0 N–H and O–H groups in total. The Morgan fingerprint density at radius 1 is 1.04 bits per heavy atom. The van der Waals surface area contributed by atoms with Crippen molar-refractivity contribution in [3.8, 4) is 0 Å². The van der Waals surface area contributed by atoms with Crippen LogP contribution < -0.4 is 0 Å². The zero-order chi connectivity index (χ0) is 17.6. The quantitative estimate of drug-likeness (QED) is 0.524. The van der Waals surface area contributed by atoms with Crippen LogP contribution >= 0.6 is 11.6 Å². The van der Waals surface area contributed by atoms with E-state index in [1.807, 2.05) is 6.07 Å². The summed E-state index contributed by atoms with van der Waals surface area (Å²) in [5, 5.41) is 0.230. The lowest BCUT2D eigenvalue weighted by Crippen LogP contribution is -2.25. The number of hydrogen-bond acceptors (Lipinski definition) is 1. The van der Waals surface area contributed by atoms with Crippen LogP contribution in [0, 0.1) is 23.6 Å². The second-order valence-electron chi connectivity index (χ2n) is 7.84. The van der Waals surface area contributed by atoms with Crippen molar-refractivity contribution in [2.45, 2.75) is 57.3 Å². The van der Waals surface area contributed by atoms with E-state index in [1.165, 1.54) is 51.4 Å². The Balaban J connectivity index is 1.46. The third kappa shape index (κ3) is 5.08. The van der Waals surface area contributed by atoms with Gasteiger partial charge in [-0.2, -0.15) is 0 Å². The fourth-order valence-corrected chi connectivity index (χ4v) is 4.96. The molecule has 0 radical (unpaired) electrons. The molecule has 25 heavy (non-hydrogen) atoms. The zero-order valence-corrected chi connectivity index (χ0v) is 16.0. The van der Waals surface area contributed by atoms with Crippen LogP contribution in [0.2, 0.25) is 5.02 Å². The summed E-state index contributed by atoms with van der Waals surface area (Å²) in [7, 11) is 1.75. The van der Waals surface area contributed by atoms with Crippen molar-refractivity contribution in [1.29, 1.82) is 0 Å². The largest absolute Gasteiger partial charge is 0.381 e. The lowest BCUT2D eigenvalue weighted by atomic mass is 9.68. The molecule has 0 atom stereocenters. The summed E-state index contributed by atoms with van der Waals surface area (Å²) in [4.78, 5) is 0. The first-order valence-electron chi connectivity index (χ1n) is 9.78. The Labute approximate surface area is 156 Å². The second kappa shape index (κ2) is 9.19. The van der Waals surface area contributed by atoms with Crippen LogP contribution in [-0.4, -0.2) is 13.7 Å². The summed E-state index contributed by atoms with van der Waals surface area (Å²) in [5.41, 5.74) is 1.13. The van der Waals surface area contributed by atoms with Crippen LogP contribution in [0.1, 0.15) is 62.8 Å². The van der Waals surface area contributed by atoms with E-state index in [0.717, 1.165) is 29.9 Å². The summed E-state index contributed by atoms with van der Waals surface area (Å²) in [6.07, 6.45) is 14.9. The van der Waals surface area contributed by atoms with Crippen LogP contribution in [0.15, 0.2) is 30.4 Å². The van der Waals surface area contributed by atoms with E-state index >= 15 is 0 Å². The van der Waals surface area contributed by atoms with Gasteiger partial charge in [0.2, 0.25) is 0 Å². The number of allylic oxidation sites excluding steroid dienone is 1. The smallest absolute Gasteiger partial charge is 0.142 e. The van der Waals surface area contributed by atoms with Gasteiger partial charge in [0.1, 0.15) is 5.82 Å². The highest BCUT2D eigenvalue weighted by Gasteiger charge is 2.30. The SMILES string of the molecule is COCC=C[C@H]1CC[C@H]([C@H]2CC[C@H](c3ccc(Cl)c(F)c3)CC2)CC1. The van der Waals surface area contributed by atoms with Crippen LogP contribution in [0.3, 0.4) is 0 Å². The van der Waals surface area contributed by atoms with Gasteiger partial charge in [0.15, 0.2) is 0 Å². The fourth-order valence-electron chi connectivity index (χ4n) is 4.84. The van der Waals surface area contributed by atoms with Gasteiger partial charge in [0.25, 0.3) is 0 Å². The predicted molar refractivity (Wildman–Crippen MR) is 103 cm³/mol. The first-order valence-corrected chi connectivity index (χ1v) is 10.2. The summed E-state index contributed by atoms with van der Waals surface area (Å²) in [5.74, 6) is 2.75. The molecule has 0 spiro atoms. The highest BCUT2D eigenvalue weighted by molar-refractivity contribution is 6.30. The first-order chi connectivity index (χ1) is 12.2. The van der Waals surface area contributed by atoms with Gasteiger partial charge in [-0.25, -0.2) is 4.39 Å². The predicted octanol–water partition coefficient (Wildman–Crippen LogP) is 6.76. The molecule has 0 saturated heterocycles. The Morgan fingerprint density at radius 3 is 2.28 bits per heavy atom. The highest BCUT2D eigenvalue weighted by Crippen LogP contribution is 2.44. The number of rotatable bonds is 5. The van der Waals surface area contributed by atoms with Crippen molar-refractivity contribution in [3.05, 3.63) is 46.8 Å². The summed E-state index contributed by atoms with van der Waals surface area (Å²) in [6.45, 7) is 0.731. The lowest BCUT2D eigenvalue weighted by Gasteiger charge is -2.37. The first kappa shape index (κ1) is 18.9. The van der Waals surface area contributed by atoms with E-state index in [2.05, 4.69) is 12.2 Å². The van der Waals surface area contributed by atoms with E-state index in [4.69, 9.17) is 16.3 Å². The molecule has 3 heteroatoms. The molecule has 2 aliphatic rings. The third-order valence-electron chi connectivity index (χ3n) is 6.34. The summed E-state index contributed by atoms with van der Waals surface area (Å²) < 4.78 is 18.8. The van der Waals surface area contributed by atoms with Crippen LogP contribution in [0.4, 0.5) is 4.39 Å². The third-order valence-corrected chi connectivity index (χ3v) is 6.65. The molecule has 2 fully saturated rings.